The van der Waals surface area contributed by atoms with Gasteiger partial charge in [-0.3, -0.25) is 19.7 Å². The Bertz CT molecular complexity index is 740. The van der Waals surface area contributed by atoms with Gasteiger partial charge in [0.2, 0.25) is 0 Å². The monoisotopic (exact) mass is 329 g/mol. The van der Waals surface area contributed by atoms with Crippen LogP contribution < -0.4 is 5.73 Å². The summed E-state index contributed by atoms with van der Waals surface area (Å²) in [5, 5.41) is 15.4. The summed E-state index contributed by atoms with van der Waals surface area (Å²) in [6, 6.07) is 6.57. The predicted molar refractivity (Wildman–Crippen MR) is 92.4 cm³/mol. The fraction of sp³-hybridized carbons (Fsp3) is 0.471. The molecule has 0 radical (unpaired) electrons. The Kier molecular flexibility index (Phi) is 4.38. The first-order valence-corrected chi connectivity index (χ1v) is 8.10. The SMILES string of the molecule is Cn1cc(CN2CCC(C)(CN)C2)c(-c2ccc([N+](=O)[O-])cc2)n1. The molecule has 1 aliphatic heterocycles. The Morgan fingerprint density at radius 3 is 2.67 bits per heavy atom. The second-order valence-corrected chi connectivity index (χ2v) is 6.96. The number of rotatable bonds is 5. The Morgan fingerprint density at radius 1 is 1.38 bits per heavy atom. The van der Waals surface area contributed by atoms with Crippen LogP contribution in [0.25, 0.3) is 11.3 Å². The Labute approximate surface area is 141 Å². The number of nitro benzene ring substituents is 1. The van der Waals surface area contributed by atoms with E-state index in [1.165, 1.54) is 12.1 Å². The zero-order valence-electron chi connectivity index (χ0n) is 14.1. The summed E-state index contributed by atoms with van der Waals surface area (Å²) in [5.74, 6) is 0. The molecule has 24 heavy (non-hydrogen) atoms. The van der Waals surface area contributed by atoms with Crippen LogP contribution in [0.1, 0.15) is 18.9 Å². The molecule has 0 bridgehead atoms. The van der Waals surface area contributed by atoms with E-state index in [2.05, 4.69) is 16.9 Å². The third-order valence-corrected chi connectivity index (χ3v) is 4.78. The number of non-ortho nitro benzene ring substituents is 1. The highest BCUT2D eigenvalue weighted by Crippen LogP contribution is 2.31. The third kappa shape index (κ3) is 3.32. The summed E-state index contributed by atoms with van der Waals surface area (Å²) in [7, 11) is 1.90. The molecule has 1 unspecified atom stereocenters. The van der Waals surface area contributed by atoms with E-state index < -0.39 is 0 Å². The number of likely N-dealkylation sites (tertiary alicyclic amines) is 1. The number of hydrogen-bond donors (Lipinski definition) is 1. The topological polar surface area (TPSA) is 90.2 Å². The zero-order chi connectivity index (χ0) is 17.3. The molecule has 1 fully saturated rings. The molecule has 0 spiro atoms. The van der Waals surface area contributed by atoms with E-state index in [-0.39, 0.29) is 16.0 Å². The van der Waals surface area contributed by atoms with Crippen molar-refractivity contribution in [2.75, 3.05) is 19.6 Å². The summed E-state index contributed by atoms with van der Waals surface area (Å²) in [6.07, 6.45) is 3.13. The first kappa shape index (κ1) is 16.6. The van der Waals surface area contributed by atoms with Crippen molar-refractivity contribution < 1.29 is 4.92 Å². The minimum atomic E-state index is -0.388. The van der Waals surface area contributed by atoms with Crippen LogP contribution in [-0.4, -0.2) is 39.2 Å². The summed E-state index contributed by atoms with van der Waals surface area (Å²) in [6.45, 7) is 5.76. The van der Waals surface area contributed by atoms with Gasteiger partial charge in [-0.25, -0.2) is 0 Å². The van der Waals surface area contributed by atoms with Crippen molar-refractivity contribution in [2.24, 2.45) is 18.2 Å². The van der Waals surface area contributed by atoms with Crippen molar-refractivity contribution in [3.8, 4) is 11.3 Å². The molecule has 1 aromatic carbocycles. The van der Waals surface area contributed by atoms with Gasteiger partial charge in [-0.15, -0.1) is 0 Å². The molecule has 7 heteroatoms. The molecule has 0 amide bonds. The Morgan fingerprint density at radius 2 is 2.08 bits per heavy atom. The molecule has 0 saturated carbocycles. The van der Waals surface area contributed by atoms with Gasteiger partial charge < -0.3 is 5.73 Å². The van der Waals surface area contributed by atoms with Crippen LogP contribution in [0.2, 0.25) is 0 Å². The number of benzene rings is 1. The van der Waals surface area contributed by atoms with Crippen LogP contribution >= 0.6 is 0 Å². The van der Waals surface area contributed by atoms with E-state index in [4.69, 9.17) is 5.73 Å². The van der Waals surface area contributed by atoms with Gasteiger partial charge in [0.05, 0.1) is 10.6 Å². The fourth-order valence-electron chi connectivity index (χ4n) is 3.31. The molecule has 7 nitrogen and oxygen atoms in total. The van der Waals surface area contributed by atoms with E-state index in [1.54, 1.807) is 16.8 Å². The highest BCUT2D eigenvalue weighted by atomic mass is 16.6. The van der Waals surface area contributed by atoms with Gasteiger partial charge in [0.25, 0.3) is 5.69 Å². The number of nitro groups is 1. The number of hydrogen-bond acceptors (Lipinski definition) is 5. The molecule has 1 aliphatic rings. The molecule has 2 N–H and O–H groups in total. The van der Waals surface area contributed by atoms with Gasteiger partial charge in [0.15, 0.2) is 0 Å². The maximum absolute atomic E-state index is 10.8. The highest BCUT2D eigenvalue weighted by Gasteiger charge is 2.32. The number of nitrogens with two attached hydrogens (primary N) is 1. The number of aryl methyl sites for hydroxylation is 1. The van der Waals surface area contributed by atoms with E-state index in [0.717, 1.165) is 42.9 Å². The standard InChI is InChI=1S/C17H23N5O2/c1-17(11-18)7-8-21(12-17)10-14-9-20(2)19-16(14)13-3-5-15(6-4-13)22(23)24/h3-6,9H,7-8,10-12,18H2,1-2H3. The Hall–Kier alpha value is -2.25. The zero-order valence-corrected chi connectivity index (χ0v) is 14.1. The third-order valence-electron chi connectivity index (χ3n) is 4.78. The number of aromatic nitrogens is 2. The fourth-order valence-corrected chi connectivity index (χ4v) is 3.31. The molecular weight excluding hydrogens is 306 g/mol. The van der Waals surface area contributed by atoms with Gasteiger partial charge in [-0.2, -0.15) is 5.10 Å². The minimum Gasteiger partial charge on any atom is -0.330 e. The second kappa shape index (κ2) is 6.33. The predicted octanol–water partition coefficient (Wildman–Crippen LogP) is 2.17. The molecule has 1 saturated heterocycles. The smallest absolute Gasteiger partial charge is 0.269 e. The largest absolute Gasteiger partial charge is 0.330 e. The first-order chi connectivity index (χ1) is 11.4. The lowest BCUT2D eigenvalue weighted by atomic mass is 9.90. The average molecular weight is 329 g/mol. The van der Waals surface area contributed by atoms with Crippen molar-refractivity contribution in [1.29, 1.82) is 0 Å². The normalized spacial score (nSPS) is 21.3. The van der Waals surface area contributed by atoms with Gasteiger partial charge in [0, 0.05) is 49.6 Å². The van der Waals surface area contributed by atoms with Crippen molar-refractivity contribution in [1.82, 2.24) is 14.7 Å². The van der Waals surface area contributed by atoms with Crippen molar-refractivity contribution in [2.45, 2.75) is 19.9 Å². The summed E-state index contributed by atoms with van der Waals surface area (Å²) < 4.78 is 1.80. The molecule has 1 atom stereocenters. The van der Waals surface area contributed by atoms with Crippen molar-refractivity contribution >= 4 is 5.69 Å². The lowest BCUT2D eigenvalue weighted by molar-refractivity contribution is -0.384. The van der Waals surface area contributed by atoms with Crippen LogP contribution in [0.3, 0.4) is 0 Å². The first-order valence-electron chi connectivity index (χ1n) is 8.10. The molecule has 2 aromatic rings. The maximum atomic E-state index is 10.8. The van der Waals surface area contributed by atoms with Crippen LogP contribution in [0, 0.1) is 15.5 Å². The van der Waals surface area contributed by atoms with Crippen LogP contribution in [0.4, 0.5) is 5.69 Å². The molecule has 1 aromatic heterocycles. The Balaban J connectivity index is 1.82. The quantitative estimate of drug-likeness (QED) is 0.670. The van der Waals surface area contributed by atoms with Gasteiger partial charge in [0.1, 0.15) is 0 Å². The van der Waals surface area contributed by atoms with Gasteiger partial charge in [-0.05, 0) is 37.1 Å². The molecule has 3 rings (SSSR count). The van der Waals surface area contributed by atoms with Crippen LogP contribution in [-0.2, 0) is 13.6 Å². The van der Waals surface area contributed by atoms with E-state index >= 15 is 0 Å². The van der Waals surface area contributed by atoms with Gasteiger partial charge >= 0.3 is 0 Å². The maximum Gasteiger partial charge on any atom is 0.269 e. The molecular formula is C17H23N5O2. The molecule has 0 aliphatic carbocycles. The summed E-state index contributed by atoms with van der Waals surface area (Å²) in [4.78, 5) is 12.8. The van der Waals surface area contributed by atoms with Crippen LogP contribution in [0.5, 0.6) is 0 Å². The summed E-state index contributed by atoms with van der Waals surface area (Å²) in [5.41, 5.74) is 9.09. The van der Waals surface area contributed by atoms with Crippen molar-refractivity contribution in [3.63, 3.8) is 0 Å². The van der Waals surface area contributed by atoms with E-state index in [9.17, 15) is 10.1 Å². The average Bonchev–Trinajstić information content (AvgIpc) is 3.11. The van der Waals surface area contributed by atoms with Crippen LogP contribution in [0.15, 0.2) is 30.5 Å². The minimum absolute atomic E-state index is 0.0921. The lowest BCUT2D eigenvalue weighted by Crippen LogP contribution is -2.31. The van der Waals surface area contributed by atoms with E-state index in [0.29, 0.717) is 6.54 Å². The summed E-state index contributed by atoms with van der Waals surface area (Å²) >= 11 is 0. The highest BCUT2D eigenvalue weighted by molar-refractivity contribution is 5.64. The van der Waals surface area contributed by atoms with E-state index in [1.807, 2.05) is 13.2 Å². The lowest BCUT2D eigenvalue weighted by Gasteiger charge is -2.22. The molecule has 128 valence electrons. The van der Waals surface area contributed by atoms with Gasteiger partial charge in [-0.1, -0.05) is 6.92 Å². The number of nitrogens with zero attached hydrogens (tertiary/aromatic N) is 4. The van der Waals surface area contributed by atoms with Crippen molar-refractivity contribution in [3.05, 3.63) is 46.1 Å². The molecule has 2 heterocycles. The second-order valence-electron chi connectivity index (χ2n) is 6.96.